The molecule has 1 fully saturated rings. The summed E-state index contributed by atoms with van der Waals surface area (Å²) in [6.07, 6.45) is 1.19. The van der Waals surface area contributed by atoms with Crippen molar-refractivity contribution in [1.82, 2.24) is 9.80 Å². The van der Waals surface area contributed by atoms with Crippen LogP contribution in [0.2, 0.25) is 0 Å². The molecule has 206 valence electrons. The van der Waals surface area contributed by atoms with Crippen LogP contribution in [0.25, 0.3) is 11.1 Å². The van der Waals surface area contributed by atoms with Crippen molar-refractivity contribution in [3.63, 3.8) is 0 Å². The second-order valence-electron chi connectivity index (χ2n) is 9.20. The van der Waals surface area contributed by atoms with E-state index in [9.17, 15) is 14.4 Å². The van der Waals surface area contributed by atoms with Crippen molar-refractivity contribution in [2.75, 3.05) is 40.5 Å². The molecule has 1 saturated heterocycles. The summed E-state index contributed by atoms with van der Waals surface area (Å²) in [7, 11) is 3.28. The van der Waals surface area contributed by atoms with Gasteiger partial charge in [-0.05, 0) is 29.2 Å². The zero-order valence-corrected chi connectivity index (χ0v) is 22.8. The van der Waals surface area contributed by atoms with Crippen LogP contribution in [0.4, 0.5) is 0 Å². The Balaban J connectivity index is 0.00000507. The van der Waals surface area contributed by atoms with Crippen LogP contribution in [0.5, 0.6) is 5.75 Å². The molecule has 0 spiro atoms. The van der Waals surface area contributed by atoms with Gasteiger partial charge in [-0.1, -0.05) is 43.3 Å². The molecule has 0 bridgehead atoms. The summed E-state index contributed by atoms with van der Waals surface area (Å²) >= 11 is 0. The lowest BCUT2D eigenvalue weighted by atomic mass is 9.96. The van der Waals surface area contributed by atoms with Crippen LogP contribution in [0.1, 0.15) is 24.5 Å². The average molecular weight is 546 g/mol. The van der Waals surface area contributed by atoms with Crippen molar-refractivity contribution in [3.8, 4) is 16.9 Å². The van der Waals surface area contributed by atoms with Crippen molar-refractivity contribution < 1.29 is 23.9 Å². The second-order valence-corrected chi connectivity index (χ2v) is 9.20. The van der Waals surface area contributed by atoms with Gasteiger partial charge in [0.15, 0.2) is 5.96 Å². The van der Waals surface area contributed by atoms with Crippen molar-refractivity contribution in [1.29, 1.82) is 0 Å². The number of carbonyl (C=O) groups excluding carboxylic acids is 3. The summed E-state index contributed by atoms with van der Waals surface area (Å²) in [5.74, 6) is -0.452. The van der Waals surface area contributed by atoms with Crippen molar-refractivity contribution in [2.45, 2.75) is 26.3 Å². The number of benzene rings is 2. The lowest BCUT2D eigenvalue weighted by molar-refractivity contribution is -0.149. The molecule has 1 heterocycles. The van der Waals surface area contributed by atoms with E-state index in [0.29, 0.717) is 31.9 Å². The fourth-order valence-corrected chi connectivity index (χ4v) is 4.03. The molecule has 1 atom stereocenters. The summed E-state index contributed by atoms with van der Waals surface area (Å²) in [6, 6.07) is 13.7. The minimum absolute atomic E-state index is 0. The number of hydrogen-bond donors (Lipinski definition) is 2. The maximum absolute atomic E-state index is 12.3. The Hall–Kier alpha value is -3.63. The van der Waals surface area contributed by atoms with E-state index in [1.54, 1.807) is 26.0 Å². The number of nitrogens with zero attached hydrogens (tertiary/aromatic N) is 3. The van der Waals surface area contributed by atoms with Crippen LogP contribution in [-0.2, 0) is 32.1 Å². The predicted molar refractivity (Wildman–Crippen MR) is 148 cm³/mol. The molecule has 3 amide bonds. The molecule has 3 rings (SSSR count). The maximum Gasteiger partial charge on any atom is 0.252 e. The number of ether oxygens (including phenoxy) is 2. The van der Waals surface area contributed by atoms with Gasteiger partial charge in [-0.3, -0.25) is 14.4 Å². The molecule has 38 heavy (non-hydrogen) atoms. The molecular weight excluding hydrogens is 510 g/mol. The van der Waals surface area contributed by atoms with Gasteiger partial charge < -0.3 is 30.7 Å². The minimum atomic E-state index is -0.391. The predicted octanol–water partition coefficient (Wildman–Crippen LogP) is 1.97. The van der Waals surface area contributed by atoms with E-state index < -0.39 is 5.92 Å². The third-order valence-corrected chi connectivity index (χ3v) is 6.11. The van der Waals surface area contributed by atoms with Gasteiger partial charge in [0.2, 0.25) is 11.8 Å². The van der Waals surface area contributed by atoms with Gasteiger partial charge in [-0.2, -0.15) is 4.99 Å². The number of piperazine rings is 1. The smallest absolute Gasteiger partial charge is 0.252 e. The Morgan fingerprint density at radius 3 is 2.37 bits per heavy atom. The highest BCUT2D eigenvalue weighted by Gasteiger charge is 2.27. The largest absolute Gasteiger partial charge is 0.493 e. The summed E-state index contributed by atoms with van der Waals surface area (Å²) in [6.45, 7) is 3.40. The Kier molecular flexibility index (Phi) is 11.5. The van der Waals surface area contributed by atoms with Gasteiger partial charge in [0.25, 0.3) is 5.91 Å². The number of halogens is 1. The van der Waals surface area contributed by atoms with Crippen LogP contribution >= 0.6 is 12.4 Å². The van der Waals surface area contributed by atoms with Crippen molar-refractivity contribution >= 4 is 36.1 Å². The van der Waals surface area contributed by atoms with Crippen molar-refractivity contribution in [3.05, 3.63) is 53.6 Å². The molecule has 0 saturated carbocycles. The standard InChI is InChI=1S/C27H35N5O5.ClH/c1-18(26(35)30-27(28)29)13-20-7-10-22(23(14-20)37-12-4-11-36-3)21-8-5-19(6-9-21)15-32-17-24(33)31(2)16-25(32)34;/h5-10,14,18H,4,11-13,15-17H2,1-3H3,(H4,28,29,30,35);1H. The molecule has 0 radical (unpaired) electrons. The molecule has 0 aliphatic carbocycles. The molecule has 1 aliphatic rings. The first-order valence-electron chi connectivity index (χ1n) is 12.2. The number of aliphatic imine (C=N–C) groups is 1. The van der Waals surface area contributed by atoms with E-state index in [-0.39, 0.29) is 49.2 Å². The second kappa shape index (κ2) is 14.3. The fourth-order valence-electron chi connectivity index (χ4n) is 4.03. The number of carbonyl (C=O) groups is 3. The summed E-state index contributed by atoms with van der Waals surface area (Å²) in [5.41, 5.74) is 14.4. The van der Waals surface area contributed by atoms with E-state index in [4.69, 9.17) is 20.9 Å². The molecule has 2 aromatic carbocycles. The van der Waals surface area contributed by atoms with Gasteiger partial charge in [0.1, 0.15) is 12.3 Å². The van der Waals surface area contributed by atoms with Gasteiger partial charge in [0.05, 0.1) is 13.2 Å². The summed E-state index contributed by atoms with van der Waals surface area (Å²) < 4.78 is 11.2. The lowest BCUT2D eigenvalue weighted by Gasteiger charge is -2.31. The Morgan fingerprint density at radius 1 is 1.03 bits per heavy atom. The average Bonchev–Trinajstić information content (AvgIpc) is 2.85. The maximum atomic E-state index is 12.3. The van der Waals surface area contributed by atoms with Crippen LogP contribution in [0.3, 0.4) is 0 Å². The number of amides is 3. The first-order chi connectivity index (χ1) is 17.7. The SMILES string of the molecule is COCCCOc1cc(CC(C)C(=O)N=C(N)N)ccc1-c1ccc(CN2CC(=O)N(C)CC2=O)cc1.Cl. The monoisotopic (exact) mass is 545 g/mol. The lowest BCUT2D eigenvalue weighted by Crippen LogP contribution is -2.51. The highest BCUT2D eigenvalue weighted by molar-refractivity contribution is 5.93. The van der Waals surface area contributed by atoms with E-state index in [2.05, 4.69) is 4.99 Å². The van der Waals surface area contributed by atoms with Crippen LogP contribution in [-0.4, -0.2) is 73.9 Å². The number of hydrogen-bond acceptors (Lipinski definition) is 5. The Morgan fingerprint density at radius 2 is 1.71 bits per heavy atom. The minimum Gasteiger partial charge on any atom is -0.493 e. The number of rotatable bonds is 11. The normalized spacial score (nSPS) is 14.1. The Bertz CT molecular complexity index is 1150. The van der Waals surface area contributed by atoms with Crippen molar-refractivity contribution in [2.24, 2.45) is 22.4 Å². The molecular formula is C27H36ClN5O5. The van der Waals surface area contributed by atoms with E-state index in [0.717, 1.165) is 28.7 Å². The van der Waals surface area contributed by atoms with E-state index >= 15 is 0 Å². The zero-order chi connectivity index (χ0) is 26.9. The molecule has 2 aromatic rings. The quantitative estimate of drug-likeness (QED) is 0.250. The molecule has 0 aromatic heterocycles. The van der Waals surface area contributed by atoms with Gasteiger partial charge >= 0.3 is 0 Å². The molecule has 10 nitrogen and oxygen atoms in total. The van der Waals surface area contributed by atoms with Gasteiger partial charge in [-0.25, -0.2) is 0 Å². The van der Waals surface area contributed by atoms with Crippen LogP contribution in [0, 0.1) is 5.92 Å². The summed E-state index contributed by atoms with van der Waals surface area (Å²) in [4.78, 5) is 43.1. The molecule has 11 heteroatoms. The fraction of sp³-hybridized carbons (Fsp3) is 0.407. The third-order valence-electron chi connectivity index (χ3n) is 6.11. The number of likely N-dealkylation sites (N-methyl/N-ethyl adjacent to an activating group) is 1. The zero-order valence-electron chi connectivity index (χ0n) is 22.0. The topological polar surface area (TPSA) is 141 Å². The Labute approximate surface area is 229 Å². The molecule has 1 aliphatic heterocycles. The number of guanidine groups is 1. The first kappa shape index (κ1) is 30.6. The third kappa shape index (κ3) is 8.46. The number of nitrogens with two attached hydrogens (primary N) is 2. The van der Waals surface area contributed by atoms with Gasteiger partial charge in [0, 0.05) is 45.2 Å². The highest BCUT2D eigenvalue weighted by atomic mass is 35.5. The van der Waals surface area contributed by atoms with Crippen LogP contribution < -0.4 is 16.2 Å². The van der Waals surface area contributed by atoms with E-state index in [1.807, 2.05) is 42.5 Å². The van der Waals surface area contributed by atoms with Gasteiger partial charge in [-0.15, -0.1) is 12.4 Å². The van der Waals surface area contributed by atoms with E-state index in [1.165, 1.54) is 4.90 Å². The summed E-state index contributed by atoms with van der Waals surface area (Å²) in [5, 5.41) is 0. The number of methoxy groups -OCH3 is 1. The van der Waals surface area contributed by atoms with Crippen LogP contribution in [0.15, 0.2) is 47.5 Å². The first-order valence-corrected chi connectivity index (χ1v) is 12.2. The highest BCUT2D eigenvalue weighted by Crippen LogP contribution is 2.32. The molecule has 1 unspecified atom stereocenters. The molecule has 4 N–H and O–H groups in total.